The first-order chi connectivity index (χ1) is 8.20. The maximum atomic E-state index is 12.2. The van der Waals surface area contributed by atoms with Gasteiger partial charge in [-0.3, -0.25) is 4.79 Å². The van der Waals surface area contributed by atoms with E-state index >= 15 is 0 Å². The predicted octanol–water partition coefficient (Wildman–Crippen LogP) is 3.33. The lowest BCUT2D eigenvalue weighted by Crippen LogP contribution is -2.33. The van der Waals surface area contributed by atoms with E-state index in [-0.39, 0.29) is 5.91 Å². The highest BCUT2D eigenvalue weighted by molar-refractivity contribution is 9.10. The molecule has 0 radical (unpaired) electrons. The van der Waals surface area contributed by atoms with Gasteiger partial charge in [0.05, 0.1) is 0 Å². The van der Waals surface area contributed by atoms with Gasteiger partial charge in [-0.25, -0.2) is 0 Å². The average molecular weight is 299 g/mol. The van der Waals surface area contributed by atoms with Gasteiger partial charge in [-0.05, 0) is 41.3 Å². The van der Waals surface area contributed by atoms with Crippen LogP contribution in [0.2, 0.25) is 0 Å². The Bertz CT molecular complexity index is 394. The number of nitrogens with zero attached hydrogens (tertiary/aromatic N) is 1. The summed E-state index contributed by atoms with van der Waals surface area (Å²) in [6.07, 6.45) is 7.75. The highest BCUT2D eigenvalue weighted by Crippen LogP contribution is 2.20. The topological polar surface area (TPSA) is 34.0 Å². The van der Waals surface area contributed by atoms with Gasteiger partial charge in [-0.15, -0.1) is 0 Å². The van der Waals surface area contributed by atoms with E-state index in [1.54, 1.807) is 0 Å². The van der Waals surface area contributed by atoms with Crippen molar-refractivity contribution in [3.8, 4) is 0 Å². The molecule has 2 rings (SSSR count). The fourth-order valence-electron chi connectivity index (χ4n) is 2.42. The van der Waals surface area contributed by atoms with E-state index in [9.17, 15) is 4.79 Å². The summed E-state index contributed by atoms with van der Waals surface area (Å²) in [5, 5.41) is 3.13. The largest absolute Gasteiger partial charge is 0.348 e. The van der Waals surface area contributed by atoms with Gasteiger partial charge in [0.1, 0.15) is 5.69 Å². The molecule has 0 bridgehead atoms. The standard InChI is InChI=1S/C13H19BrN2O/c1-2-7-16-9-10(14)8-12(16)13(17)15-11-5-3-4-6-11/h8-9,11H,2-7H2,1H3,(H,15,17). The SMILES string of the molecule is CCCn1cc(Br)cc1C(=O)NC1CCCC1. The van der Waals surface area contributed by atoms with Crippen LogP contribution in [0.5, 0.6) is 0 Å². The van der Waals surface area contributed by atoms with Crippen LogP contribution in [0.4, 0.5) is 0 Å². The highest BCUT2D eigenvalue weighted by atomic mass is 79.9. The number of halogens is 1. The summed E-state index contributed by atoms with van der Waals surface area (Å²) in [6, 6.07) is 2.28. The Morgan fingerprint density at radius 2 is 2.24 bits per heavy atom. The normalized spacial score (nSPS) is 16.4. The van der Waals surface area contributed by atoms with Gasteiger partial charge in [0.2, 0.25) is 0 Å². The minimum absolute atomic E-state index is 0.0658. The van der Waals surface area contributed by atoms with Gasteiger partial charge >= 0.3 is 0 Å². The molecule has 0 aliphatic heterocycles. The zero-order valence-corrected chi connectivity index (χ0v) is 11.8. The van der Waals surface area contributed by atoms with Gasteiger partial charge in [0.15, 0.2) is 0 Å². The van der Waals surface area contributed by atoms with Crippen molar-refractivity contribution < 1.29 is 4.79 Å². The number of carbonyl (C=O) groups is 1. The lowest BCUT2D eigenvalue weighted by molar-refractivity contribution is 0.0928. The molecule has 1 aliphatic carbocycles. The first-order valence-electron chi connectivity index (χ1n) is 6.37. The molecule has 0 unspecified atom stereocenters. The van der Waals surface area contributed by atoms with Crippen LogP contribution in [0.1, 0.15) is 49.5 Å². The van der Waals surface area contributed by atoms with Crippen LogP contribution in [-0.2, 0) is 6.54 Å². The molecular formula is C13H19BrN2O. The Kier molecular flexibility index (Phi) is 4.26. The van der Waals surface area contributed by atoms with Gasteiger partial charge in [-0.1, -0.05) is 19.8 Å². The first kappa shape index (κ1) is 12.7. The molecule has 1 amide bonds. The number of amides is 1. The monoisotopic (exact) mass is 298 g/mol. The molecule has 0 aromatic carbocycles. The zero-order chi connectivity index (χ0) is 12.3. The highest BCUT2D eigenvalue weighted by Gasteiger charge is 2.20. The van der Waals surface area contributed by atoms with Crippen LogP contribution in [0, 0.1) is 0 Å². The Morgan fingerprint density at radius 3 is 2.88 bits per heavy atom. The molecule has 1 aromatic heterocycles. The first-order valence-corrected chi connectivity index (χ1v) is 7.16. The quantitative estimate of drug-likeness (QED) is 0.909. The molecular weight excluding hydrogens is 280 g/mol. The van der Waals surface area contributed by atoms with Crippen LogP contribution in [0.3, 0.4) is 0 Å². The molecule has 1 fully saturated rings. The molecule has 0 spiro atoms. The number of hydrogen-bond acceptors (Lipinski definition) is 1. The Hall–Kier alpha value is -0.770. The molecule has 1 aromatic rings. The van der Waals surface area contributed by atoms with Crippen molar-refractivity contribution in [1.29, 1.82) is 0 Å². The second-order valence-electron chi connectivity index (χ2n) is 4.69. The molecule has 4 heteroatoms. The van der Waals surface area contributed by atoms with Crippen molar-refractivity contribution in [3.05, 3.63) is 22.4 Å². The third-order valence-corrected chi connectivity index (χ3v) is 3.68. The number of carbonyl (C=O) groups excluding carboxylic acids is 1. The minimum Gasteiger partial charge on any atom is -0.348 e. The fourth-order valence-corrected chi connectivity index (χ4v) is 2.88. The van der Waals surface area contributed by atoms with Crippen molar-refractivity contribution >= 4 is 21.8 Å². The summed E-state index contributed by atoms with van der Waals surface area (Å²) >= 11 is 3.43. The van der Waals surface area contributed by atoms with E-state index in [1.165, 1.54) is 12.8 Å². The third-order valence-electron chi connectivity index (χ3n) is 3.25. The summed E-state index contributed by atoms with van der Waals surface area (Å²) in [7, 11) is 0. The molecule has 0 saturated heterocycles. The lowest BCUT2D eigenvalue weighted by atomic mass is 10.2. The van der Waals surface area contributed by atoms with Crippen LogP contribution in [-0.4, -0.2) is 16.5 Å². The lowest BCUT2D eigenvalue weighted by Gasteiger charge is -2.13. The summed E-state index contributed by atoms with van der Waals surface area (Å²) in [4.78, 5) is 12.2. The van der Waals surface area contributed by atoms with Crippen molar-refractivity contribution in [2.24, 2.45) is 0 Å². The second kappa shape index (κ2) is 5.71. The summed E-state index contributed by atoms with van der Waals surface area (Å²) in [6.45, 7) is 3.01. The van der Waals surface area contributed by atoms with E-state index in [4.69, 9.17) is 0 Å². The van der Waals surface area contributed by atoms with E-state index in [1.807, 2.05) is 16.8 Å². The van der Waals surface area contributed by atoms with Crippen molar-refractivity contribution in [2.45, 2.75) is 51.6 Å². The molecule has 0 atom stereocenters. The van der Waals surface area contributed by atoms with E-state index < -0.39 is 0 Å². The molecule has 1 N–H and O–H groups in total. The van der Waals surface area contributed by atoms with E-state index in [0.717, 1.165) is 36.0 Å². The molecule has 1 saturated carbocycles. The van der Waals surface area contributed by atoms with Gasteiger partial charge in [0.25, 0.3) is 5.91 Å². The zero-order valence-electron chi connectivity index (χ0n) is 10.2. The smallest absolute Gasteiger partial charge is 0.268 e. The van der Waals surface area contributed by atoms with E-state index in [0.29, 0.717) is 6.04 Å². The van der Waals surface area contributed by atoms with E-state index in [2.05, 4.69) is 28.2 Å². The Balaban J connectivity index is 2.06. The number of aromatic nitrogens is 1. The number of aryl methyl sites for hydroxylation is 1. The number of nitrogens with one attached hydrogen (secondary N) is 1. The van der Waals surface area contributed by atoms with Crippen LogP contribution >= 0.6 is 15.9 Å². The van der Waals surface area contributed by atoms with Crippen molar-refractivity contribution in [1.82, 2.24) is 9.88 Å². The van der Waals surface area contributed by atoms with Crippen LogP contribution < -0.4 is 5.32 Å². The maximum Gasteiger partial charge on any atom is 0.268 e. The number of rotatable bonds is 4. The Labute approximate surface area is 111 Å². The second-order valence-corrected chi connectivity index (χ2v) is 5.61. The fraction of sp³-hybridized carbons (Fsp3) is 0.615. The van der Waals surface area contributed by atoms with Gasteiger partial charge in [-0.2, -0.15) is 0 Å². The molecule has 17 heavy (non-hydrogen) atoms. The minimum atomic E-state index is 0.0658. The predicted molar refractivity (Wildman–Crippen MR) is 72.1 cm³/mol. The van der Waals surface area contributed by atoms with Gasteiger partial charge in [0, 0.05) is 23.3 Å². The third kappa shape index (κ3) is 3.12. The molecule has 3 nitrogen and oxygen atoms in total. The van der Waals surface area contributed by atoms with Crippen molar-refractivity contribution in [2.75, 3.05) is 0 Å². The molecule has 1 aliphatic rings. The maximum absolute atomic E-state index is 12.2. The molecule has 94 valence electrons. The average Bonchev–Trinajstić information content (AvgIpc) is 2.88. The summed E-state index contributed by atoms with van der Waals surface area (Å²) in [5.74, 6) is 0.0658. The number of hydrogen-bond donors (Lipinski definition) is 1. The summed E-state index contributed by atoms with van der Waals surface area (Å²) < 4.78 is 3.00. The molecule has 1 heterocycles. The van der Waals surface area contributed by atoms with Crippen LogP contribution in [0.25, 0.3) is 0 Å². The summed E-state index contributed by atoms with van der Waals surface area (Å²) in [5.41, 5.74) is 0.769. The van der Waals surface area contributed by atoms with Crippen LogP contribution in [0.15, 0.2) is 16.7 Å². The van der Waals surface area contributed by atoms with Gasteiger partial charge < -0.3 is 9.88 Å². The Morgan fingerprint density at radius 1 is 1.53 bits per heavy atom. The van der Waals surface area contributed by atoms with Crippen molar-refractivity contribution in [3.63, 3.8) is 0 Å².